The van der Waals surface area contributed by atoms with Gasteiger partial charge in [-0.25, -0.2) is 0 Å². The summed E-state index contributed by atoms with van der Waals surface area (Å²) < 4.78 is 66.6. The van der Waals surface area contributed by atoms with Gasteiger partial charge in [0.05, 0.1) is 27.7 Å². The second kappa shape index (κ2) is 17.0. The van der Waals surface area contributed by atoms with Crippen molar-refractivity contribution in [2.75, 3.05) is 26.7 Å². The molecule has 3 saturated heterocycles. The topological polar surface area (TPSA) is 182 Å². The van der Waals surface area contributed by atoms with Crippen LogP contribution in [-0.4, -0.2) is 83.8 Å². The molecular weight excluding hydrogens is 797 g/mol. The van der Waals surface area contributed by atoms with E-state index in [9.17, 15) is 33.8 Å². The molecule has 0 spiro atoms. The highest BCUT2D eigenvalue weighted by atomic mass is 32.1. The van der Waals surface area contributed by atoms with Gasteiger partial charge in [-0.2, -0.15) is 14.0 Å². The first-order chi connectivity index (χ1) is 26.9. The van der Waals surface area contributed by atoms with E-state index in [1.165, 1.54) is 53.7 Å². The minimum absolute atomic E-state index is 0.0170. The van der Waals surface area contributed by atoms with E-state index in [-0.39, 0.29) is 40.0 Å². The van der Waals surface area contributed by atoms with Crippen molar-refractivity contribution >= 4 is 58.7 Å². The number of hydrogen-bond acceptors (Lipinski definition) is 12. The third-order valence-electron chi connectivity index (χ3n) is 10.9. The summed E-state index contributed by atoms with van der Waals surface area (Å²) in [7, 11) is -5.58. The van der Waals surface area contributed by atoms with E-state index < -0.39 is 72.7 Å². The fraction of sp³-hybridized carbons (Fsp3) is 0.650. The Morgan fingerprint density at radius 2 is 1.59 bits per heavy atom. The molecular formula is C40H53F2N4O10PS. The van der Waals surface area contributed by atoms with Crippen LogP contribution in [0.1, 0.15) is 109 Å². The predicted molar refractivity (Wildman–Crippen MR) is 209 cm³/mol. The predicted octanol–water partition coefficient (Wildman–Crippen LogP) is 7.31. The summed E-state index contributed by atoms with van der Waals surface area (Å²) >= 11 is 0.997. The second-order valence-corrected chi connectivity index (χ2v) is 20.9. The van der Waals surface area contributed by atoms with Crippen LogP contribution in [0.3, 0.4) is 0 Å². The Labute approximate surface area is 341 Å². The maximum atomic E-state index is 16.3. The highest BCUT2D eigenvalue weighted by Crippen LogP contribution is 2.67. The lowest BCUT2D eigenvalue weighted by Crippen LogP contribution is -2.62. The van der Waals surface area contributed by atoms with Crippen LogP contribution in [0.5, 0.6) is 0 Å². The number of thiophene rings is 1. The third kappa shape index (κ3) is 9.40. The number of nitrogens with zero attached hydrogens (tertiary/aromatic N) is 3. The number of likely N-dealkylation sites (tertiary alicyclic amines) is 1. The number of carbonyl (C=O) groups is 5. The molecule has 0 saturated carbocycles. The van der Waals surface area contributed by atoms with Crippen LogP contribution in [0.2, 0.25) is 0 Å². The standard InChI is InChI=1S/C40H53F2N4O10PS/c1-24-20-45(21-26(24)19-43)33(48)29-14-13-28-11-9-10-16-39(8,34(49)46(28)29)44-32(47)31-18-25-17-27(12-15-30(25)58-31)40(41,42)57(52,55-22-53-35(50)37(2,3)4)56-23-54-36(51)38(5,6)7/h12,15,17-18,24,26,28-29H,9-11,13-14,16,20-23H2,1-8H3,(H,44,47)/t24-,26?,28-,29-,39-/m0/s1. The number of carbonyl (C=O) groups excluding carboxylic acids is 5. The first-order valence-electron chi connectivity index (χ1n) is 19.4. The fourth-order valence-corrected chi connectivity index (χ4v) is 9.53. The molecule has 2 aromatic rings. The number of nitrogens with one attached hydrogen (secondary N) is 1. The first-order valence-corrected chi connectivity index (χ1v) is 21.8. The Morgan fingerprint density at radius 3 is 2.16 bits per heavy atom. The number of esters is 2. The molecule has 3 fully saturated rings. The van der Waals surface area contributed by atoms with E-state index in [0.717, 1.165) is 36.3 Å². The molecule has 3 amide bonds. The largest absolute Gasteiger partial charge is 0.438 e. The molecule has 1 N–H and O–H groups in total. The van der Waals surface area contributed by atoms with Gasteiger partial charge >= 0.3 is 25.2 Å². The van der Waals surface area contributed by atoms with Gasteiger partial charge in [0.15, 0.2) is 0 Å². The monoisotopic (exact) mass is 850 g/mol. The van der Waals surface area contributed by atoms with E-state index in [1.54, 1.807) is 16.7 Å². The van der Waals surface area contributed by atoms with E-state index in [4.69, 9.17) is 18.5 Å². The average molecular weight is 851 g/mol. The van der Waals surface area contributed by atoms with Gasteiger partial charge in [0.25, 0.3) is 5.91 Å². The SMILES string of the molecule is C[C@H]1CN(C(=O)[C@@H]2CC[C@@H]3CCCC[C@](C)(NC(=O)c4cc5cc(C(F)(F)P(=O)(OCOC(=O)C(C)(C)C)OCOC(=O)C(C)(C)C)ccc5s4)C(=O)N32)CC1C#N. The van der Waals surface area contributed by atoms with Crippen molar-refractivity contribution in [1.29, 1.82) is 5.26 Å². The zero-order chi connectivity index (χ0) is 43.0. The third-order valence-corrected chi connectivity index (χ3v) is 13.9. The summed E-state index contributed by atoms with van der Waals surface area (Å²) in [5, 5.41) is 12.6. The Balaban J connectivity index is 1.36. The first kappa shape index (κ1) is 45.1. The van der Waals surface area contributed by atoms with Crippen LogP contribution in [0, 0.1) is 34.0 Å². The molecule has 0 aliphatic carbocycles. The van der Waals surface area contributed by atoms with E-state index in [0.29, 0.717) is 43.5 Å². The van der Waals surface area contributed by atoms with Crippen molar-refractivity contribution < 1.29 is 55.8 Å². The summed E-state index contributed by atoms with van der Waals surface area (Å²) in [6, 6.07) is 6.09. The Morgan fingerprint density at radius 1 is 0.966 bits per heavy atom. The number of hydrogen-bond donors (Lipinski definition) is 1. The van der Waals surface area contributed by atoms with Crippen LogP contribution in [-0.2, 0) is 47.9 Å². The maximum Gasteiger partial charge on any atom is 0.410 e. The molecule has 3 aliphatic rings. The lowest BCUT2D eigenvalue weighted by molar-refractivity contribution is -0.163. The van der Waals surface area contributed by atoms with Gasteiger partial charge < -0.3 is 24.6 Å². The number of fused-ring (bicyclic) bond motifs is 2. The number of halogens is 2. The summed E-state index contributed by atoms with van der Waals surface area (Å²) in [6.07, 6.45) is 3.61. The number of benzene rings is 1. The summed E-state index contributed by atoms with van der Waals surface area (Å²) in [6.45, 7) is 11.2. The zero-order valence-corrected chi connectivity index (χ0v) is 35.9. The molecule has 0 radical (unpaired) electrons. The zero-order valence-electron chi connectivity index (χ0n) is 34.2. The van der Waals surface area contributed by atoms with Crippen molar-refractivity contribution in [3.63, 3.8) is 0 Å². The van der Waals surface area contributed by atoms with Crippen molar-refractivity contribution in [2.45, 2.75) is 117 Å². The molecule has 3 aliphatic heterocycles. The molecule has 5 rings (SSSR count). The smallest absolute Gasteiger partial charge is 0.410 e. The van der Waals surface area contributed by atoms with Crippen molar-refractivity contribution in [3.8, 4) is 6.07 Å². The van der Waals surface area contributed by atoms with Crippen molar-refractivity contribution in [1.82, 2.24) is 15.1 Å². The van der Waals surface area contributed by atoms with E-state index in [2.05, 4.69) is 11.4 Å². The molecule has 318 valence electrons. The number of ether oxygens (including phenoxy) is 2. The number of amides is 3. The van der Waals surface area contributed by atoms with Gasteiger partial charge in [0.2, 0.25) is 25.4 Å². The molecule has 4 heterocycles. The van der Waals surface area contributed by atoms with Gasteiger partial charge in [-0.15, -0.1) is 11.3 Å². The normalized spacial score (nSPS) is 24.5. The second-order valence-electron chi connectivity index (χ2n) is 17.7. The molecule has 1 unspecified atom stereocenters. The minimum atomic E-state index is -5.58. The molecule has 18 heteroatoms. The summed E-state index contributed by atoms with van der Waals surface area (Å²) in [5.41, 5.74) is -8.62. The fourth-order valence-electron chi connectivity index (χ4n) is 7.35. The van der Waals surface area contributed by atoms with Crippen LogP contribution >= 0.6 is 18.9 Å². The number of rotatable bonds is 11. The number of alkyl halides is 2. The Kier molecular flexibility index (Phi) is 13.2. The molecule has 5 atom stereocenters. The van der Waals surface area contributed by atoms with Gasteiger partial charge in [0, 0.05) is 29.4 Å². The lowest BCUT2D eigenvalue weighted by atomic mass is 9.88. The molecule has 1 aromatic heterocycles. The van der Waals surface area contributed by atoms with Crippen LogP contribution in [0.15, 0.2) is 24.3 Å². The highest BCUT2D eigenvalue weighted by Gasteiger charge is 2.56. The van der Waals surface area contributed by atoms with Crippen LogP contribution in [0.4, 0.5) is 8.78 Å². The highest BCUT2D eigenvalue weighted by molar-refractivity contribution is 7.54. The lowest BCUT2D eigenvalue weighted by Gasteiger charge is -2.41. The van der Waals surface area contributed by atoms with Crippen molar-refractivity contribution in [3.05, 3.63) is 34.7 Å². The van der Waals surface area contributed by atoms with Crippen LogP contribution in [0.25, 0.3) is 10.1 Å². The van der Waals surface area contributed by atoms with Gasteiger partial charge in [-0.3, -0.25) is 37.6 Å². The van der Waals surface area contributed by atoms with Gasteiger partial charge in [0.1, 0.15) is 11.6 Å². The molecule has 1 aromatic carbocycles. The Hall–Kier alpha value is -3.97. The summed E-state index contributed by atoms with van der Waals surface area (Å²) in [5.74, 6) is -3.08. The molecule has 58 heavy (non-hydrogen) atoms. The maximum absolute atomic E-state index is 16.3. The van der Waals surface area contributed by atoms with Gasteiger partial charge in [-0.05, 0) is 104 Å². The van der Waals surface area contributed by atoms with Gasteiger partial charge in [-0.1, -0.05) is 25.8 Å². The van der Waals surface area contributed by atoms with E-state index in [1.807, 2.05) is 6.92 Å². The molecule has 0 bridgehead atoms. The van der Waals surface area contributed by atoms with Crippen molar-refractivity contribution in [2.24, 2.45) is 22.7 Å². The Bertz CT molecular complexity index is 1990. The summed E-state index contributed by atoms with van der Waals surface area (Å²) in [4.78, 5) is 70.1. The van der Waals surface area contributed by atoms with Crippen LogP contribution < -0.4 is 5.32 Å². The minimum Gasteiger partial charge on any atom is -0.438 e. The van der Waals surface area contributed by atoms with E-state index >= 15 is 8.78 Å². The number of nitriles is 1. The average Bonchev–Trinajstić information content (AvgIpc) is 3.87. The quantitative estimate of drug-likeness (QED) is 0.136. The molecule has 14 nitrogen and oxygen atoms in total.